The lowest BCUT2D eigenvalue weighted by Crippen LogP contribution is -2.37. The monoisotopic (exact) mass is 275 g/mol. The third-order valence-corrected chi connectivity index (χ3v) is 3.13. The van der Waals surface area contributed by atoms with Crippen molar-refractivity contribution in [2.45, 2.75) is 0 Å². The van der Waals surface area contributed by atoms with Crippen molar-refractivity contribution >= 4 is 22.1 Å². The topological polar surface area (TPSA) is 123 Å². The van der Waals surface area contributed by atoms with Gasteiger partial charge in [-0.05, 0) is 6.07 Å². The Balaban J connectivity index is 2.73. The van der Waals surface area contributed by atoms with Crippen LogP contribution in [0.15, 0.2) is 25.2 Å². The second-order valence-corrected chi connectivity index (χ2v) is 4.37. The molecule has 0 radical (unpaired) electrons. The van der Waals surface area contributed by atoms with Crippen LogP contribution in [0.3, 0.4) is 0 Å². The van der Waals surface area contributed by atoms with Gasteiger partial charge >= 0.3 is 11.4 Å². The highest BCUT2D eigenvalue weighted by molar-refractivity contribution is 5.88. The molecule has 0 unspecified atom stereocenters. The summed E-state index contributed by atoms with van der Waals surface area (Å²) in [7, 11) is 2.79. The maximum atomic E-state index is 12.0. The minimum absolute atomic E-state index is 0.0227. The van der Waals surface area contributed by atoms with Crippen LogP contribution < -0.4 is 22.5 Å². The van der Waals surface area contributed by atoms with E-state index < -0.39 is 22.5 Å². The number of aromatic nitrogens is 5. The van der Waals surface area contributed by atoms with E-state index in [1.165, 1.54) is 24.7 Å². The Kier molecular flexibility index (Phi) is 2.27. The number of aromatic amines is 2. The number of fused-ring (bicyclic) bond motifs is 2. The Morgan fingerprint density at radius 2 is 1.70 bits per heavy atom. The average molecular weight is 275 g/mol. The molecule has 3 heterocycles. The van der Waals surface area contributed by atoms with Gasteiger partial charge in [0.1, 0.15) is 5.65 Å². The number of rotatable bonds is 0. The first kappa shape index (κ1) is 12.1. The molecular weight excluding hydrogens is 266 g/mol. The van der Waals surface area contributed by atoms with Crippen molar-refractivity contribution in [3.8, 4) is 0 Å². The molecule has 0 saturated carbocycles. The summed E-state index contributed by atoms with van der Waals surface area (Å²) >= 11 is 0. The standard InChI is InChI=1S/C11H9N5O4/c1-15-7-5(9(18)16(2)11(15)20)3-4-6(12-7)13-10(19)14-8(4)17/h3H,1-2H3,(H2,12,13,14,17,19). The van der Waals surface area contributed by atoms with E-state index in [2.05, 4.69) is 15.0 Å². The third kappa shape index (κ3) is 1.46. The van der Waals surface area contributed by atoms with Crippen molar-refractivity contribution in [1.29, 1.82) is 0 Å². The fourth-order valence-corrected chi connectivity index (χ4v) is 2.08. The highest BCUT2D eigenvalue weighted by atomic mass is 16.2. The lowest BCUT2D eigenvalue weighted by molar-refractivity contribution is 0.708. The van der Waals surface area contributed by atoms with Crippen LogP contribution in [0.5, 0.6) is 0 Å². The quantitative estimate of drug-likeness (QED) is 0.467. The number of nitrogens with one attached hydrogen (secondary N) is 2. The highest BCUT2D eigenvalue weighted by Crippen LogP contribution is 2.09. The molecule has 0 spiro atoms. The minimum Gasteiger partial charge on any atom is -0.291 e. The zero-order valence-electron chi connectivity index (χ0n) is 10.6. The maximum Gasteiger partial charge on any atom is 0.332 e. The molecular formula is C11H9N5O4. The minimum atomic E-state index is -0.705. The maximum absolute atomic E-state index is 12.0. The molecule has 3 aromatic rings. The molecule has 0 amide bonds. The van der Waals surface area contributed by atoms with E-state index in [-0.39, 0.29) is 22.1 Å². The van der Waals surface area contributed by atoms with Gasteiger partial charge in [0.05, 0.1) is 10.8 Å². The molecule has 2 N–H and O–H groups in total. The van der Waals surface area contributed by atoms with Crippen LogP contribution in [-0.4, -0.2) is 24.1 Å². The zero-order chi connectivity index (χ0) is 14.6. The lowest BCUT2D eigenvalue weighted by atomic mass is 10.2. The van der Waals surface area contributed by atoms with E-state index in [9.17, 15) is 19.2 Å². The predicted molar refractivity (Wildman–Crippen MR) is 71.0 cm³/mol. The molecule has 9 nitrogen and oxygen atoms in total. The summed E-state index contributed by atoms with van der Waals surface area (Å²) in [6.07, 6.45) is 0. The molecule has 0 fully saturated rings. The van der Waals surface area contributed by atoms with E-state index in [0.29, 0.717) is 0 Å². The van der Waals surface area contributed by atoms with Gasteiger partial charge in [-0.1, -0.05) is 0 Å². The molecule has 3 rings (SSSR count). The van der Waals surface area contributed by atoms with Crippen LogP contribution in [0, 0.1) is 0 Å². The molecule has 0 aliphatic rings. The number of hydrogen-bond donors (Lipinski definition) is 2. The summed E-state index contributed by atoms with van der Waals surface area (Å²) in [5.41, 5.74) is -2.32. The second kappa shape index (κ2) is 3.76. The second-order valence-electron chi connectivity index (χ2n) is 4.37. The van der Waals surface area contributed by atoms with Crippen molar-refractivity contribution in [3.63, 3.8) is 0 Å². The van der Waals surface area contributed by atoms with Crippen LogP contribution in [0.4, 0.5) is 0 Å². The summed E-state index contributed by atoms with van der Waals surface area (Å²) < 4.78 is 2.10. The fourth-order valence-electron chi connectivity index (χ4n) is 2.08. The van der Waals surface area contributed by atoms with E-state index in [1.807, 2.05) is 0 Å². The molecule has 0 saturated heterocycles. The predicted octanol–water partition coefficient (Wildman–Crippen LogP) is -1.84. The zero-order valence-corrected chi connectivity index (χ0v) is 10.6. The number of H-pyrrole nitrogens is 2. The first-order valence-corrected chi connectivity index (χ1v) is 5.63. The fraction of sp³-hybridized carbons (Fsp3) is 0.182. The van der Waals surface area contributed by atoms with E-state index in [0.717, 1.165) is 4.57 Å². The van der Waals surface area contributed by atoms with Gasteiger partial charge in [-0.15, -0.1) is 0 Å². The summed E-state index contributed by atoms with van der Waals surface area (Å²) in [5.74, 6) is 0. The Bertz CT molecular complexity index is 1100. The van der Waals surface area contributed by atoms with Gasteiger partial charge in [0, 0.05) is 14.1 Å². The van der Waals surface area contributed by atoms with Crippen molar-refractivity contribution in [3.05, 3.63) is 47.7 Å². The van der Waals surface area contributed by atoms with Crippen molar-refractivity contribution < 1.29 is 0 Å². The Morgan fingerprint density at radius 1 is 1.00 bits per heavy atom. The van der Waals surface area contributed by atoms with Gasteiger partial charge in [0.15, 0.2) is 5.65 Å². The highest BCUT2D eigenvalue weighted by Gasteiger charge is 2.12. The van der Waals surface area contributed by atoms with Crippen LogP contribution >= 0.6 is 0 Å². The van der Waals surface area contributed by atoms with Crippen LogP contribution in [0.2, 0.25) is 0 Å². The van der Waals surface area contributed by atoms with Gasteiger partial charge < -0.3 is 0 Å². The van der Waals surface area contributed by atoms with Crippen LogP contribution in [-0.2, 0) is 14.1 Å². The van der Waals surface area contributed by atoms with E-state index in [1.54, 1.807) is 0 Å². The van der Waals surface area contributed by atoms with Crippen molar-refractivity contribution in [1.82, 2.24) is 24.1 Å². The normalized spacial score (nSPS) is 11.3. The van der Waals surface area contributed by atoms with Gasteiger partial charge in [0.2, 0.25) is 0 Å². The van der Waals surface area contributed by atoms with E-state index >= 15 is 0 Å². The molecule has 0 aromatic carbocycles. The largest absolute Gasteiger partial charge is 0.332 e. The lowest BCUT2D eigenvalue weighted by Gasteiger charge is -2.07. The number of aryl methyl sites for hydroxylation is 1. The third-order valence-electron chi connectivity index (χ3n) is 3.13. The number of hydrogen-bond acceptors (Lipinski definition) is 5. The number of pyridine rings is 1. The molecule has 3 aromatic heterocycles. The van der Waals surface area contributed by atoms with Gasteiger partial charge in [-0.3, -0.25) is 28.7 Å². The average Bonchev–Trinajstić information content (AvgIpc) is 2.41. The van der Waals surface area contributed by atoms with Crippen molar-refractivity contribution in [2.75, 3.05) is 0 Å². The molecule has 0 bridgehead atoms. The summed E-state index contributed by atoms with van der Waals surface area (Å²) in [6.45, 7) is 0. The van der Waals surface area contributed by atoms with Gasteiger partial charge in [0.25, 0.3) is 11.1 Å². The first-order valence-electron chi connectivity index (χ1n) is 5.63. The smallest absolute Gasteiger partial charge is 0.291 e. The van der Waals surface area contributed by atoms with E-state index in [4.69, 9.17) is 0 Å². The Labute approximate surface area is 109 Å². The molecule has 0 aliphatic heterocycles. The van der Waals surface area contributed by atoms with Crippen molar-refractivity contribution in [2.24, 2.45) is 14.1 Å². The van der Waals surface area contributed by atoms with Gasteiger partial charge in [-0.25, -0.2) is 14.6 Å². The first-order chi connectivity index (χ1) is 9.40. The number of nitrogens with zero attached hydrogens (tertiary/aromatic N) is 3. The van der Waals surface area contributed by atoms with Crippen LogP contribution in [0.25, 0.3) is 22.1 Å². The SMILES string of the molecule is Cn1c(=O)c2cc3c(=O)[nH]c(=O)[nH]c3nc2n(C)c1=O. The Hall–Kier alpha value is -2.97. The summed E-state index contributed by atoms with van der Waals surface area (Å²) in [6, 6.07) is 1.31. The summed E-state index contributed by atoms with van der Waals surface area (Å²) in [5, 5.41) is 0.201. The molecule has 0 aliphatic carbocycles. The Morgan fingerprint density at radius 3 is 2.40 bits per heavy atom. The van der Waals surface area contributed by atoms with Crippen LogP contribution in [0.1, 0.15) is 0 Å². The molecule has 9 heteroatoms. The molecule has 0 atom stereocenters. The molecule has 20 heavy (non-hydrogen) atoms. The molecule has 102 valence electrons. The van der Waals surface area contributed by atoms with Gasteiger partial charge in [-0.2, -0.15) is 0 Å². The summed E-state index contributed by atoms with van der Waals surface area (Å²) in [4.78, 5) is 55.2.